The van der Waals surface area contributed by atoms with E-state index in [1.54, 1.807) is 11.1 Å². The maximum absolute atomic E-state index is 3.81. The highest BCUT2D eigenvalue weighted by atomic mass is 14.9. The summed E-state index contributed by atoms with van der Waals surface area (Å²) in [4.78, 5) is 0. The Morgan fingerprint density at radius 3 is 1.40 bits per heavy atom. The standard InChI is InChI=1S/C29H39N/c1-3-8-22(9-4-1)24-13-17-26(18-14-24)29(28-12-7-21-30-28)27-19-15-25(16-20-27)23-10-5-2-6-11-23/h13-20,22-23,28-30H,1-12,21H2/t28-/m1/s1. The summed E-state index contributed by atoms with van der Waals surface area (Å²) in [5.41, 5.74) is 6.15. The molecule has 5 rings (SSSR count). The molecule has 0 amide bonds. The highest BCUT2D eigenvalue weighted by molar-refractivity contribution is 5.39. The van der Waals surface area contributed by atoms with Crippen LogP contribution in [-0.2, 0) is 0 Å². The number of hydrogen-bond acceptors (Lipinski definition) is 1. The molecule has 1 heterocycles. The van der Waals surface area contributed by atoms with Crippen LogP contribution < -0.4 is 5.32 Å². The Bertz CT molecular complexity index is 711. The van der Waals surface area contributed by atoms with Gasteiger partial charge in [0.05, 0.1) is 0 Å². The van der Waals surface area contributed by atoms with Crippen LogP contribution in [0.3, 0.4) is 0 Å². The maximum Gasteiger partial charge on any atom is 0.0243 e. The zero-order chi connectivity index (χ0) is 20.2. The molecule has 2 saturated carbocycles. The lowest BCUT2D eigenvalue weighted by Crippen LogP contribution is -2.29. The third kappa shape index (κ3) is 4.52. The Morgan fingerprint density at radius 2 is 1.00 bits per heavy atom. The van der Waals surface area contributed by atoms with Crippen molar-refractivity contribution in [1.29, 1.82) is 0 Å². The van der Waals surface area contributed by atoms with E-state index in [1.807, 2.05) is 0 Å². The quantitative estimate of drug-likeness (QED) is 0.542. The second-order valence-electron chi connectivity index (χ2n) is 10.2. The van der Waals surface area contributed by atoms with Gasteiger partial charge < -0.3 is 5.32 Å². The molecule has 0 bridgehead atoms. The van der Waals surface area contributed by atoms with E-state index in [0.29, 0.717) is 12.0 Å². The number of rotatable bonds is 5. The Balaban J connectivity index is 1.38. The van der Waals surface area contributed by atoms with Crippen molar-refractivity contribution in [2.75, 3.05) is 6.54 Å². The monoisotopic (exact) mass is 401 g/mol. The SMILES string of the molecule is c1cc(C(c2ccc(C3CCCCC3)cc2)[C@H]2CCCN2)ccc1C1CCCCC1. The Morgan fingerprint density at radius 1 is 0.533 bits per heavy atom. The minimum Gasteiger partial charge on any atom is -0.313 e. The van der Waals surface area contributed by atoms with Crippen LogP contribution in [0.25, 0.3) is 0 Å². The fourth-order valence-electron chi connectivity index (χ4n) is 6.48. The van der Waals surface area contributed by atoms with Gasteiger partial charge in [0.1, 0.15) is 0 Å². The minimum atomic E-state index is 0.480. The second kappa shape index (κ2) is 9.69. The molecule has 2 aromatic carbocycles. The van der Waals surface area contributed by atoms with Gasteiger partial charge in [0.2, 0.25) is 0 Å². The lowest BCUT2D eigenvalue weighted by molar-refractivity contribution is 0.443. The van der Waals surface area contributed by atoms with Gasteiger partial charge in [0, 0.05) is 12.0 Å². The number of benzene rings is 2. The van der Waals surface area contributed by atoms with Crippen molar-refractivity contribution in [3.8, 4) is 0 Å². The van der Waals surface area contributed by atoms with Crippen LogP contribution in [0.1, 0.15) is 117 Å². The van der Waals surface area contributed by atoms with Crippen LogP contribution >= 0.6 is 0 Å². The van der Waals surface area contributed by atoms with E-state index in [9.17, 15) is 0 Å². The first kappa shape index (κ1) is 20.3. The van der Waals surface area contributed by atoms with Crippen molar-refractivity contribution in [2.24, 2.45) is 0 Å². The first-order valence-electron chi connectivity index (χ1n) is 12.8. The summed E-state index contributed by atoms with van der Waals surface area (Å²) in [5.74, 6) is 2.07. The van der Waals surface area contributed by atoms with Crippen LogP contribution in [0.5, 0.6) is 0 Å². The molecule has 1 atom stereocenters. The molecule has 3 fully saturated rings. The van der Waals surface area contributed by atoms with Crippen LogP contribution in [0, 0.1) is 0 Å². The summed E-state index contributed by atoms with van der Waals surface area (Å²) in [6.45, 7) is 1.17. The van der Waals surface area contributed by atoms with E-state index in [1.165, 1.54) is 94.7 Å². The smallest absolute Gasteiger partial charge is 0.0243 e. The van der Waals surface area contributed by atoms with Crippen molar-refractivity contribution < 1.29 is 0 Å². The fourth-order valence-corrected chi connectivity index (χ4v) is 6.48. The first-order valence-corrected chi connectivity index (χ1v) is 12.8. The van der Waals surface area contributed by atoms with Crippen molar-refractivity contribution in [1.82, 2.24) is 5.32 Å². The van der Waals surface area contributed by atoms with Crippen molar-refractivity contribution in [2.45, 2.75) is 101 Å². The normalized spacial score (nSPS) is 23.8. The summed E-state index contributed by atoms with van der Waals surface area (Å²) < 4.78 is 0. The summed E-state index contributed by atoms with van der Waals surface area (Å²) in [6, 6.07) is 20.2. The van der Waals surface area contributed by atoms with E-state index >= 15 is 0 Å². The summed E-state index contributed by atoms with van der Waals surface area (Å²) in [5, 5.41) is 3.81. The zero-order valence-electron chi connectivity index (χ0n) is 18.6. The molecule has 1 nitrogen and oxygen atoms in total. The van der Waals surface area contributed by atoms with E-state index < -0.39 is 0 Å². The molecule has 1 saturated heterocycles. The number of nitrogens with one attached hydrogen (secondary N) is 1. The van der Waals surface area contributed by atoms with Crippen molar-refractivity contribution >= 4 is 0 Å². The number of hydrogen-bond donors (Lipinski definition) is 1. The van der Waals surface area contributed by atoms with E-state index in [0.717, 1.165) is 11.8 Å². The molecule has 0 unspecified atom stereocenters. The highest BCUT2D eigenvalue weighted by Crippen LogP contribution is 2.38. The van der Waals surface area contributed by atoms with Gasteiger partial charge in [0.25, 0.3) is 0 Å². The lowest BCUT2D eigenvalue weighted by Gasteiger charge is -2.27. The highest BCUT2D eigenvalue weighted by Gasteiger charge is 2.28. The van der Waals surface area contributed by atoms with E-state index in [2.05, 4.69) is 53.8 Å². The predicted molar refractivity (Wildman–Crippen MR) is 127 cm³/mol. The van der Waals surface area contributed by atoms with Gasteiger partial charge in [-0.05, 0) is 79.2 Å². The van der Waals surface area contributed by atoms with Crippen LogP contribution in [-0.4, -0.2) is 12.6 Å². The average Bonchev–Trinajstić information content (AvgIpc) is 3.36. The molecule has 1 heteroatoms. The van der Waals surface area contributed by atoms with E-state index in [4.69, 9.17) is 0 Å². The summed E-state index contributed by atoms with van der Waals surface area (Å²) in [7, 11) is 0. The summed E-state index contributed by atoms with van der Waals surface area (Å²) in [6.07, 6.45) is 16.6. The Labute approximate surface area is 183 Å². The molecule has 30 heavy (non-hydrogen) atoms. The van der Waals surface area contributed by atoms with Crippen LogP contribution in [0.4, 0.5) is 0 Å². The molecule has 1 N–H and O–H groups in total. The molecular formula is C29H39N. The first-order chi connectivity index (χ1) is 14.9. The van der Waals surface area contributed by atoms with Crippen LogP contribution in [0.2, 0.25) is 0 Å². The fraction of sp³-hybridized carbons (Fsp3) is 0.586. The molecule has 3 aliphatic rings. The third-order valence-electron chi connectivity index (χ3n) is 8.25. The van der Waals surface area contributed by atoms with Gasteiger partial charge in [-0.1, -0.05) is 87.1 Å². The van der Waals surface area contributed by atoms with E-state index in [-0.39, 0.29) is 0 Å². The van der Waals surface area contributed by atoms with Crippen molar-refractivity contribution in [3.05, 3.63) is 70.8 Å². The Hall–Kier alpha value is -1.60. The molecular weight excluding hydrogens is 362 g/mol. The van der Waals surface area contributed by atoms with Gasteiger partial charge in [-0.2, -0.15) is 0 Å². The molecule has 2 aliphatic carbocycles. The predicted octanol–water partition coefficient (Wildman–Crippen LogP) is 7.67. The maximum atomic E-state index is 3.81. The summed E-state index contributed by atoms with van der Waals surface area (Å²) >= 11 is 0. The second-order valence-corrected chi connectivity index (χ2v) is 10.2. The molecule has 0 spiro atoms. The largest absolute Gasteiger partial charge is 0.313 e. The zero-order valence-corrected chi connectivity index (χ0v) is 18.6. The molecule has 1 aliphatic heterocycles. The van der Waals surface area contributed by atoms with Gasteiger partial charge in [0.15, 0.2) is 0 Å². The van der Waals surface area contributed by atoms with Crippen LogP contribution in [0.15, 0.2) is 48.5 Å². The van der Waals surface area contributed by atoms with Crippen molar-refractivity contribution in [3.63, 3.8) is 0 Å². The third-order valence-corrected chi connectivity index (χ3v) is 8.25. The average molecular weight is 402 g/mol. The lowest BCUT2D eigenvalue weighted by atomic mass is 9.80. The molecule has 2 aromatic rings. The van der Waals surface area contributed by atoms with Gasteiger partial charge in [-0.15, -0.1) is 0 Å². The molecule has 0 aromatic heterocycles. The molecule has 0 radical (unpaired) electrons. The van der Waals surface area contributed by atoms with Gasteiger partial charge >= 0.3 is 0 Å². The van der Waals surface area contributed by atoms with Gasteiger partial charge in [-0.3, -0.25) is 0 Å². The Kier molecular flexibility index (Phi) is 6.56. The minimum absolute atomic E-state index is 0.480. The topological polar surface area (TPSA) is 12.0 Å². The van der Waals surface area contributed by atoms with Gasteiger partial charge in [-0.25, -0.2) is 0 Å². The molecule has 160 valence electrons.